The van der Waals surface area contributed by atoms with E-state index in [9.17, 15) is 4.79 Å². The van der Waals surface area contributed by atoms with Crippen molar-refractivity contribution < 1.29 is 9.90 Å². The van der Waals surface area contributed by atoms with Gasteiger partial charge in [0.25, 0.3) is 0 Å². The van der Waals surface area contributed by atoms with E-state index in [0.717, 1.165) is 16.8 Å². The molecule has 1 N–H and O–H groups in total. The Morgan fingerprint density at radius 3 is 2.67 bits per heavy atom. The molecule has 0 bridgehead atoms. The molecule has 0 aliphatic heterocycles. The average Bonchev–Trinajstić information content (AvgIpc) is 2.71. The van der Waals surface area contributed by atoms with Gasteiger partial charge >= 0.3 is 5.97 Å². The number of nitrogens with zero attached hydrogens (tertiary/aromatic N) is 2. The van der Waals surface area contributed by atoms with E-state index in [4.69, 9.17) is 5.11 Å². The quantitative estimate of drug-likeness (QED) is 0.898. The second kappa shape index (κ2) is 5.04. The van der Waals surface area contributed by atoms with Crippen LogP contribution in [0.2, 0.25) is 0 Å². The van der Waals surface area contributed by atoms with Crippen LogP contribution < -0.4 is 0 Å². The summed E-state index contributed by atoms with van der Waals surface area (Å²) in [5.41, 5.74) is 3.02. The summed E-state index contributed by atoms with van der Waals surface area (Å²) in [6, 6.07) is 9.90. The Bertz CT molecular complexity index is 546. The summed E-state index contributed by atoms with van der Waals surface area (Å²) in [5, 5.41) is 13.2. The molecule has 4 nitrogen and oxygen atoms in total. The van der Waals surface area contributed by atoms with Gasteiger partial charge < -0.3 is 5.11 Å². The Balaban J connectivity index is 2.36. The van der Waals surface area contributed by atoms with Crippen molar-refractivity contribution in [2.45, 2.75) is 13.3 Å². The first-order valence-electron chi connectivity index (χ1n) is 5.88. The van der Waals surface area contributed by atoms with Crippen molar-refractivity contribution in [3.63, 3.8) is 0 Å². The summed E-state index contributed by atoms with van der Waals surface area (Å²) in [7, 11) is 1.87. The third kappa shape index (κ3) is 2.42. The molecule has 94 valence electrons. The highest BCUT2D eigenvalue weighted by molar-refractivity contribution is 5.71. The van der Waals surface area contributed by atoms with E-state index >= 15 is 0 Å². The van der Waals surface area contributed by atoms with E-state index < -0.39 is 11.9 Å². The smallest absolute Gasteiger partial charge is 0.306 e. The van der Waals surface area contributed by atoms with Crippen LogP contribution in [0.15, 0.2) is 36.5 Å². The Morgan fingerprint density at radius 1 is 1.39 bits per heavy atom. The molecule has 0 amide bonds. The monoisotopic (exact) mass is 244 g/mol. The molecule has 2 aromatic rings. The maximum Gasteiger partial charge on any atom is 0.306 e. The molecule has 0 aliphatic rings. The van der Waals surface area contributed by atoms with Crippen LogP contribution in [0, 0.1) is 5.92 Å². The number of aryl methyl sites for hydroxylation is 1. The van der Waals surface area contributed by atoms with Crippen LogP contribution in [0.25, 0.3) is 11.3 Å². The van der Waals surface area contributed by atoms with Crippen LogP contribution in [0.1, 0.15) is 12.5 Å². The third-order valence-electron chi connectivity index (χ3n) is 3.01. The summed E-state index contributed by atoms with van der Waals surface area (Å²) >= 11 is 0. The minimum Gasteiger partial charge on any atom is -0.481 e. The maximum absolute atomic E-state index is 10.9. The van der Waals surface area contributed by atoms with E-state index in [1.165, 1.54) is 0 Å². The predicted octanol–water partition coefficient (Wildman–Crippen LogP) is 2.35. The molecule has 4 heteroatoms. The normalized spacial score (nSPS) is 12.3. The van der Waals surface area contributed by atoms with Gasteiger partial charge in [0.15, 0.2) is 0 Å². The number of hydrogen-bond donors (Lipinski definition) is 1. The Labute approximate surface area is 106 Å². The van der Waals surface area contributed by atoms with Gasteiger partial charge in [-0.15, -0.1) is 0 Å². The lowest BCUT2D eigenvalue weighted by Crippen LogP contribution is -2.12. The highest BCUT2D eigenvalue weighted by Crippen LogP contribution is 2.24. The zero-order valence-corrected chi connectivity index (χ0v) is 10.5. The lowest BCUT2D eigenvalue weighted by Gasteiger charge is -2.08. The number of carboxylic acid groups (broad SMARTS) is 1. The molecule has 0 radical (unpaired) electrons. The molecule has 1 aromatic carbocycles. The number of carbonyl (C=O) groups is 1. The first-order chi connectivity index (χ1) is 8.59. The number of aliphatic carboxylic acids is 1. The lowest BCUT2D eigenvalue weighted by molar-refractivity contribution is -0.141. The molecule has 1 heterocycles. The molecule has 1 aromatic heterocycles. The van der Waals surface area contributed by atoms with Crippen molar-refractivity contribution in [1.29, 1.82) is 0 Å². The standard InChI is InChI=1S/C14H16N2O2/c1-10(14(17)18)8-12-9-15-16(2)13(12)11-6-4-3-5-7-11/h3-7,9-10H,8H2,1-2H3,(H,17,18). The number of aromatic nitrogens is 2. The van der Waals surface area contributed by atoms with Gasteiger partial charge in [0.1, 0.15) is 0 Å². The lowest BCUT2D eigenvalue weighted by atomic mass is 9.99. The van der Waals surface area contributed by atoms with Crippen molar-refractivity contribution in [3.05, 3.63) is 42.1 Å². The summed E-state index contributed by atoms with van der Waals surface area (Å²) in [6.45, 7) is 1.71. The fraction of sp³-hybridized carbons (Fsp3) is 0.286. The second-order valence-corrected chi connectivity index (χ2v) is 4.45. The molecule has 18 heavy (non-hydrogen) atoms. The van der Waals surface area contributed by atoms with E-state index in [1.807, 2.05) is 37.4 Å². The molecule has 1 unspecified atom stereocenters. The minimum absolute atomic E-state index is 0.406. The van der Waals surface area contributed by atoms with Crippen molar-refractivity contribution in [2.24, 2.45) is 13.0 Å². The fourth-order valence-corrected chi connectivity index (χ4v) is 2.02. The van der Waals surface area contributed by atoms with Gasteiger partial charge in [-0.3, -0.25) is 9.48 Å². The van der Waals surface area contributed by atoms with E-state index in [2.05, 4.69) is 5.10 Å². The molecule has 2 rings (SSSR count). The van der Waals surface area contributed by atoms with Crippen LogP contribution in [-0.2, 0) is 18.3 Å². The Morgan fingerprint density at radius 2 is 2.06 bits per heavy atom. The molecular formula is C14H16N2O2. The van der Waals surface area contributed by atoms with Gasteiger partial charge in [0, 0.05) is 12.6 Å². The topological polar surface area (TPSA) is 55.1 Å². The third-order valence-corrected chi connectivity index (χ3v) is 3.01. The van der Waals surface area contributed by atoms with Crippen molar-refractivity contribution in [3.8, 4) is 11.3 Å². The molecule has 0 aliphatic carbocycles. The maximum atomic E-state index is 10.9. The summed E-state index contributed by atoms with van der Waals surface area (Å²) in [6.07, 6.45) is 2.25. The van der Waals surface area contributed by atoms with Crippen LogP contribution >= 0.6 is 0 Å². The molecular weight excluding hydrogens is 228 g/mol. The molecule has 0 fully saturated rings. The van der Waals surface area contributed by atoms with Gasteiger partial charge in [-0.1, -0.05) is 37.3 Å². The first kappa shape index (κ1) is 12.4. The van der Waals surface area contributed by atoms with Gasteiger partial charge in [-0.25, -0.2) is 0 Å². The predicted molar refractivity (Wildman–Crippen MR) is 69.1 cm³/mol. The van der Waals surface area contributed by atoms with E-state index in [-0.39, 0.29) is 0 Å². The van der Waals surface area contributed by atoms with Crippen LogP contribution in [0.4, 0.5) is 0 Å². The zero-order chi connectivity index (χ0) is 13.1. The van der Waals surface area contributed by atoms with Crippen LogP contribution in [0.5, 0.6) is 0 Å². The summed E-state index contributed by atoms with van der Waals surface area (Å²) < 4.78 is 1.79. The number of hydrogen-bond acceptors (Lipinski definition) is 2. The molecule has 0 saturated carbocycles. The van der Waals surface area contributed by atoms with Gasteiger partial charge in [-0.2, -0.15) is 5.10 Å². The number of carboxylic acids is 1. The van der Waals surface area contributed by atoms with E-state index in [0.29, 0.717) is 6.42 Å². The van der Waals surface area contributed by atoms with Gasteiger partial charge in [-0.05, 0) is 12.0 Å². The highest BCUT2D eigenvalue weighted by Gasteiger charge is 2.17. The second-order valence-electron chi connectivity index (χ2n) is 4.45. The molecule has 1 atom stereocenters. The number of benzene rings is 1. The van der Waals surface area contributed by atoms with E-state index in [1.54, 1.807) is 17.8 Å². The Hall–Kier alpha value is -2.10. The first-order valence-corrected chi connectivity index (χ1v) is 5.88. The Kier molecular flexibility index (Phi) is 3.46. The van der Waals surface area contributed by atoms with Crippen molar-refractivity contribution in [1.82, 2.24) is 9.78 Å². The van der Waals surface area contributed by atoms with Crippen LogP contribution in [-0.4, -0.2) is 20.9 Å². The van der Waals surface area contributed by atoms with Crippen molar-refractivity contribution in [2.75, 3.05) is 0 Å². The number of rotatable bonds is 4. The average molecular weight is 244 g/mol. The van der Waals surface area contributed by atoms with Gasteiger partial charge in [0.05, 0.1) is 17.8 Å². The van der Waals surface area contributed by atoms with Crippen molar-refractivity contribution >= 4 is 5.97 Å². The summed E-state index contributed by atoms with van der Waals surface area (Å²) in [5.74, 6) is -1.19. The summed E-state index contributed by atoms with van der Waals surface area (Å²) in [4.78, 5) is 10.9. The minimum atomic E-state index is -0.780. The molecule has 0 saturated heterocycles. The SMILES string of the molecule is CC(Cc1cnn(C)c1-c1ccccc1)C(=O)O. The van der Waals surface area contributed by atoms with Crippen LogP contribution in [0.3, 0.4) is 0 Å². The highest BCUT2D eigenvalue weighted by atomic mass is 16.4. The fourth-order valence-electron chi connectivity index (χ4n) is 2.02. The largest absolute Gasteiger partial charge is 0.481 e. The zero-order valence-electron chi connectivity index (χ0n) is 10.5. The van der Waals surface area contributed by atoms with Gasteiger partial charge in [0.2, 0.25) is 0 Å². The molecule has 0 spiro atoms.